The van der Waals surface area contributed by atoms with Crippen molar-refractivity contribution in [3.8, 4) is 11.1 Å². The van der Waals surface area contributed by atoms with Crippen molar-refractivity contribution in [1.82, 2.24) is 10.3 Å². The van der Waals surface area contributed by atoms with Crippen LogP contribution in [0.25, 0.3) is 11.1 Å². The van der Waals surface area contributed by atoms with Gasteiger partial charge in [0.2, 0.25) is 0 Å². The highest BCUT2D eigenvalue weighted by atomic mass is 15.0. The van der Waals surface area contributed by atoms with Crippen LogP contribution in [0, 0.1) is 0 Å². The molecule has 0 saturated carbocycles. The normalized spacial score (nSPS) is 27.9. The summed E-state index contributed by atoms with van der Waals surface area (Å²) in [6.07, 6.45) is 12.2. The van der Waals surface area contributed by atoms with Crippen LogP contribution < -0.4 is 9.88 Å². The average molecular weight is 266 g/mol. The Balaban J connectivity index is 1.73. The van der Waals surface area contributed by atoms with Gasteiger partial charge in [0.1, 0.15) is 7.05 Å². The zero-order chi connectivity index (χ0) is 13.5. The molecule has 0 spiro atoms. The monoisotopic (exact) mass is 266 g/mol. The fraction of sp³-hybridized carbons (Fsp3) is 0.412. The Labute approximate surface area is 119 Å². The highest BCUT2D eigenvalue weighted by Gasteiger charge is 2.40. The van der Waals surface area contributed by atoms with E-state index in [-0.39, 0.29) is 0 Å². The van der Waals surface area contributed by atoms with Gasteiger partial charge in [-0.15, -0.1) is 0 Å². The summed E-state index contributed by atoms with van der Waals surface area (Å²) in [6, 6.07) is 7.96. The molecule has 0 amide bonds. The maximum absolute atomic E-state index is 4.11. The molecule has 2 aliphatic heterocycles. The molecule has 0 aromatic carbocycles. The van der Waals surface area contributed by atoms with Gasteiger partial charge in [-0.2, -0.15) is 0 Å². The molecule has 3 heteroatoms. The molecule has 2 saturated heterocycles. The molecule has 0 aliphatic carbocycles. The fourth-order valence-electron chi connectivity index (χ4n) is 3.84. The number of pyridine rings is 2. The Morgan fingerprint density at radius 1 is 1.15 bits per heavy atom. The molecule has 3 nitrogen and oxygen atoms in total. The summed E-state index contributed by atoms with van der Waals surface area (Å²) in [5, 5.41) is 3.74. The number of nitrogens with one attached hydrogen (secondary N) is 1. The number of aromatic nitrogens is 2. The minimum Gasteiger partial charge on any atom is -0.311 e. The summed E-state index contributed by atoms with van der Waals surface area (Å²) in [5.74, 6) is 0.682. The first kappa shape index (κ1) is 12.0. The Bertz CT molecular complexity index is 623. The lowest BCUT2D eigenvalue weighted by Crippen LogP contribution is -2.30. The lowest BCUT2D eigenvalue weighted by atomic mass is 9.84. The largest absolute Gasteiger partial charge is 0.311 e. The van der Waals surface area contributed by atoms with Crippen molar-refractivity contribution in [3.05, 3.63) is 48.5 Å². The van der Waals surface area contributed by atoms with Gasteiger partial charge < -0.3 is 5.32 Å². The van der Waals surface area contributed by atoms with Gasteiger partial charge in [0.05, 0.1) is 0 Å². The SMILES string of the molecule is C[n+]1cc(-c2ccncc2)cc(C2CC3CCC2N3)c1. The first-order valence-electron chi connectivity index (χ1n) is 7.46. The molecular weight excluding hydrogens is 246 g/mol. The van der Waals surface area contributed by atoms with Crippen LogP contribution in [0.1, 0.15) is 30.7 Å². The third-order valence-corrected chi connectivity index (χ3v) is 4.76. The topological polar surface area (TPSA) is 28.8 Å². The number of hydrogen-bond acceptors (Lipinski definition) is 2. The van der Waals surface area contributed by atoms with Crippen LogP contribution in [0.4, 0.5) is 0 Å². The predicted octanol–water partition coefficient (Wildman–Crippen LogP) is 2.18. The van der Waals surface area contributed by atoms with E-state index in [4.69, 9.17) is 0 Å². The van der Waals surface area contributed by atoms with Gasteiger partial charge in [-0.3, -0.25) is 4.98 Å². The molecule has 20 heavy (non-hydrogen) atoms. The van der Waals surface area contributed by atoms with E-state index in [9.17, 15) is 0 Å². The molecule has 1 N–H and O–H groups in total. The molecule has 4 rings (SSSR count). The van der Waals surface area contributed by atoms with Gasteiger partial charge in [-0.1, -0.05) is 0 Å². The van der Waals surface area contributed by atoms with E-state index >= 15 is 0 Å². The first-order chi connectivity index (χ1) is 9.79. The molecule has 3 atom stereocenters. The van der Waals surface area contributed by atoms with E-state index in [1.54, 1.807) is 0 Å². The van der Waals surface area contributed by atoms with E-state index in [0.717, 1.165) is 6.04 Å². The minimum absolute atomic E-state index is 0.682. The van der Waals surface area contributed by atoms with E-state index in [0.29, 0.717) is 12.0 Å². The van der Waals surface area contributed by atoms with E-state index in [1.165, 1.54) is 36.0 Å². The van der Waals surface area contributed by atoms with E-state index in [1.807, 2.05) is 12.4 Å². The summed E-state index contributed by atoms with van der Waals surface area (Å²) in [5.41, 5.74) is 4.00. The lowest BCUT2D eigenvalue weighted by Gasteiger charge is -2.19. The molecule has 3 unspecified atom stereocenters. The third-order valence-electron chi connectivity index (χ3n) is 4.76. The van der Waals surface area contributed by atoms with Crippen molar-refractivity contribution in [1.29, 1.82) is 0 Å². The van der Waals surface area contributed by atoms with Crippen molar-refractivity contribution in [2.45, 2.75) is 37.3 Å². The standard InChI is InChI=1S/C17H20N3/c1-20-10-13(12-4-6-18-7-5-12)8-14(11-20)16-9-15-2-3-17(16)19-15/h4-8,10-11,15-17,19H,2-3,9H2,1H3/q+1. The molecule has 2 aliphatic rings. The van der Waals surface area contributed by atoms with Gasteiger partial charge in [0.25, 0.3) is 0 Å². The van der Waals surface area contributed by atoms with Crippen LogP contribution in [-0.2, 0) is 7.05 Å². The molecule has 2 aromatic heterocycles. The molecule has 0 radical (unpaired) electrons. The summed E-state index contributed by atoms with van der Waals surface area (Å²) >= 11 is 0. The summed E-state index contributed by atoms with van der Waals surface area (Å²) in [7, 11) is 2.12. The number of hydrogen-bond donors (Lipinski definition) is 1. The molecule has 2 fully saturated rings. The number of rotatable bonds is 2. The van der Waals surface area contributed by atoms with Crippen molar-refractivity contribution in [2.75, 3.05) is 0 Å². The second-order valence-corrected chi connectivity index (χ2v) is 6.15. The van der Waals surface area contributed by atoms with Gasteiger partial charge in [0.15, 0.2) is 12.4 Å². The second-order valence-electron chi connectivity index (χ2n) is 6.15. The highest BCUT2D eigenvalue weighted by Crippen LogP contribution is 2.40. The quantitative estimate of drug-likeness (QED) is 0.844. The average Bonchev–Trinajstić information content (AvgIpc) is 3.10. The van der Waals surface area contributed by atoms with Crippen LogP contribution >= 0.6 is 0 Å². The third kappa shape index (κ3) is 2.02. The zero-order valence-corrected chi connectivity index (χ0v) is 11.8. The van der Waals surface area contributed by atoms with Crippen molar-refractivity contribution in [3.63, 3.8) is 0 Å². The van der Waals surface area contributed by atoms with Crippen LogP contribution in [-0.4, -0.2) is 17.1 Å². The minimum atomic E-state index is 0.682. The summed E-state index contributed by atoms with van der Waals surface area (Å²) in [4.78, 5) is 4.11. The molecular formula is C17H20N3+. The van der Waals surface area contributed by atoms with Crippen LogP contribution in [0.5, 0.6) is 0 Å². The number of fused-ring (bicyclic) bond motifs is 2. The molecule has 2 aromatic rings. The lowest BCUT2D eigenvalue weighted by molar-refractivity contribution is -0.671. The molecule has 102 valence electrons. The fourth-order valence-corrected chi connectivity index (χ4v) is 3.84. The smallest absolute Gasteiger partial charge is 0.176 e. The van der Waals surface area contributed by atoms with Gasteiger partial charge in [-0.05, 0) is 43.0 Å². The van der Waals surface area contributed by atoms with Crippen LogP contribution in [0.2, 0.25) is 0 Å². The van der Waals surface area contributed by atoms with Gasteiger partial charge in [0, 0.05) is 41.5 Å². The zero-order valence-electron chi connectivity index (χ0n) is 11.8. The Hall–Kier alpha value is -1.74. The van der Waals surface area contributed by atoms with Crippen LogP contribution in [0.3, 0.4) is 0 Å². The molecule has 4 heterocycles. The summed E-state index contributed by atoms with van der Waals surface area (Å²) < 4.78 is 2.19. The van der Waals surface area contributed by atoms with Crippen molar-refractivity contribution >= 4 is 0 Å². The molecule has 2 bridgehead atoms. The van der Waals surface area contributed by atoms with Crippen molar-refractivity contribution in [2.24, 2.45) is 7.05 Å². The second kappa shape index (κ2) is 4.67. The number of aryl methyl sites for hydroxylation is 1. The Morgan fingerprint density at radius 2 is 2.00 bits per heavy atom. The van der Waals surface area contributed by atoms with E-state index < -0.39 is 0 Å². The Morgan fingerprint density at radius 3 is 2.70 bits per heavy atom. The maximum atomic E-state index is 4.11. The van der Waals surface area contributed by atoms with Crippen molar-refractivity contribution < 1.29 is 4.57 Å². The van der Waals surface area contributed by atoms with Gasteiger partial charge in [-0.25, -0.2) is 4.57 Å². The van der Waals surface area contributed by atoms with Gasteiger partial charge >= 0.3 is 0 Å². The maximum Gasteiger partial charge on any atom is 0.176 e. The van der Waals surface area contributed by atoms with E-state index in [2.05, 4.69) is 52.5 Å². The number of nitrogens with zero attached hydrogens (tertiary/aromatic N) is 2. The first-order valence-corrected chi connectivity index (χ1v) is 7.46. The Kier molecular flexibility index (Phi) is 2.81. The highest BCUT2D eigenvalue weighted by molar-refractivity contribution is 5.61. The summed E-state index contributed by atoms with van der Waals surface area (Å²) in [6.45, 7) is 0. The van der Waals surface area contributed by atoms with Crippen LogP contribution in [0.15, 0.2) is 43.0 Å². The predicted molar refractivity (Wildman–Crippen MR) is 78.2 cm³/mol.